The molecule has 0 aromatic heterocycles. The predicted octanol–water partition coefficient (Wildman–Crippen LogP) is 6.62. The second-order valence-electron chi connectivity index (χ2n) is 10.4. The summed E-state index contributed by atoms with van der Waals surface area (Å²) < 4.78 is 6.61. The number of hydrogen-bond donors (Lipinski definition) is 0. The maximum Gasteiger partial charge on any atom is 0.191 e. The molecule has 2 rings (SSSR count). The van der Waals surface area contributed by atoms with Gasteiger partial charge in [-0.2, -0.15) is 18.3 Å². The van der Waals surface area contributed by atoms with E-state index in [1.54, 1.807) is 0 Å². The molecular formula is C21H39OSi-. The Hall–Kier alpha value is -0.0831. The van der Waals surface area contributed by atoms with Gasteiger partial charge >= 0.3 is 0 Å². The lowest BCUT2D eigenvalue weighted by Gasteiger charge is -2.40. The molecule has 0 bridgehead atoms. The Morgan fingerprint density at radius 2 is 1.96 bits per heavy atom. The number of rotatable bonds is 6. The third kappa shape index (κ3) is 4.31. The van der Waals surface area contributed by atoms with Crippen LogP contribution in [0.3, 0.4) is 0 Å². The summed E-state index contributed by atoms with van der Waals surface area (Å²) in [6.45, 7) is 21.6. The Morgan fingerprint density at radius 3 is 2.52 bits per heavy atom. The highest BCUT2D eigenvalue weighted by Gasteiger charge is 2.42. The Morgan fingerprint density at radius 1 is 1.30 bits per heavy atom. The van der Waals surface area contributed by atoms with Gasteiger partial charge in [0.25, 0.3) is 0 Å². The van der Waals surface area contributed by atoms with Gasteiger partial charge in [-0.3, -0.25) is 0 Å². The number of allylic oxidation sites excluding steroid dienone is 1. The van der Waals surface area contributed by atoms with Gasteiger partial charge in [-0.25, -0.2) is 0 Å². The van der Waals surface area contributed by atoms with Gasteiger partial charge in [0.15, 0.2) is 8.32 Å². The largest absolute Gasteiger partial charge is 0.417 e. The molecule has 1 nitrogen and oxygen atoms in total. The first-order chi connectivity index (χ1) is 10.5. The molecule has 2 unspecified atom stereocenters. The molecule has 0 aromatic rings. The first kappa shape index (κ1) is 19.2. The van der Waals surface area contributed by atoms with Crippen molar-refractivity contribution in [3.05, 3.63) is 18.6 Å². The summed E-state index contributed by atoms with van der Waals surface area (Å²) in [6, 6.07) is 0. The zero-order valence-electron chi connectivity index (χ0n) is 16.7. The predicted molar refractivity (Wildman–Crippen MR) is 104 cm³/mol. The van der Waals surface area contributed by atoms with Crippen LogP contribution in [0, 0.1) is 29.1 Å². The van der Waals surface area contributed by atoms with Gasteiger partial charge in [-0.15, -0.1) is 6.58 Å². The minimum atomic E-state index is -1.63. The number of fused-ring (bicyclic) bond motifs is 1. The van der Waals surface area contributed by atoms with E-state index in [-0.39, 0.29) is 0 Å². The first-order valence-corrected chi connectivity index (χ1v) is 12.5. The molecule has 0 N–H and O–H groups in total. The monoisotopic (exact) mass is 335 g/mol. The van der Waals surface area contributed by atoms with E-state index in [0.29, 0.717) is 10.5 Å². The van der Waals surface area contributed by atoms with Gasteiger partial charge in [0.05, 0.1) is 0 Å². The van der Waals surface area contributed by atoms with Crippen LogP contribution in [-0.4, -0.2) is 14.9 Å². The molecule has 0 heterocycles. The quantitative estimate of drug-likeness (QED) is 0.301. The smallest absolute Gasteiger partial charge is 0.191 e. The van der Waals surface area contributed by atoms with Gasteiger partial charge < -0.3 is 10.3 Å². The van der Waals surface area contributed by atoms with Crippen molar-refractivity contribution < 1.29 is 4.43 Å². The lowest BCUT2D eigenvalue weighted by molar-refractivity contribution is 0.184. The molecular weight excluding hydrogens is 296 g/mol. The van der Waals surface area contributed by atoms with Crippen LogP contribution >= 0.6 is 0 Å². The zero-order valence-corrected chi connectivity index (χ0v) is 17.7. The average Bonchev–Trinajstić information content (AvgIpc) is 2.84. The second kappa shape index (κ2) is 6.67. The fraction of sp³-hybridized carbons (Fsp3) is 0.857. The topological polar surface area (TPSA) is 9.23 Å². The first-order valence-electron chi connectivity index (χ1n) is 9.57. The van der Waals surface area contributed by atoms with Crippen LogP contribution in [0.4, 0.5) is 0 Å². The molecule has 2 fully saturated rings. The summed E-state index contributed by atoms with van der Waals surface area (Å²) >= 11 is 0. The van der Waals surface area contributed by atoms with E-state index < -0.39 is 8.32 Å². The van der Waals surface area contributed by atoms with Crippen LogP contribution < -0.4 is 0 Å². The maximum absolute atomic E-state index is 6.61. The summed E-state index contributed by atoms with van der Waals surface area (Å²) in [7, 11) is -1.63. The third-order valence-corrected chi connectivity index (χ3v) is 11.3. The van der Waals surface area contributed by atoms with Crippen molar-refractivity contribution in [2.24, 2.45) is 23.2 Å². The van der Waals surface area contributed by atoms with Gasteiger partial charge in [0.1, 0.15) is 0 Å². The standard InChI is InChI=1S/C21H39OSi/c1-9-10-11-18-17(15-22-23(7,8)20(2,3)4)12-16-13-21(5,6)14-19(16)18/h9,16-18H,1,10-15H2,2-8H3/q-1/t16?,17?,18-/m0/s1. The molecule has 0 aromatic carbocycles. The zero-order chi connectivity index (χ0) is 17.5. The van der Waals surface area contributed by atoms with Crippen LogP contribution in [0.25, 0.3) is 0 Å². The summed E-state index contributed by atoms with van der Waals surface area (Å²) in [4.78, 5) is 0. The molecule has 0 radical (unpaired) electrons. The lowest BCUT2D eigenvalue weighted by Crippen LogP contribution is -2.42. The van der Waals surface area contributed by atoms with Crippen molar-refractivity contribution in [1.82, 2.24) is 0 Å². The van der Waals surface area contributed by atoms with Crippen molar-refractivity contribution in [3.8, 4) is 0 Å². The summed E-state index contributed by atoms with van der Waals surface area (Å²) in [5.74, 6) is 4.28. The van der Waals surface area contributed by atoms with Crippen molar-refractivity contribution >= 4 is 8.32 Å². The second-order valence-corrected chi connectivity index (χ2v) is 15.2. The molecule has 23 heavy (non-hydrogen) atoms. The van der Waals surface area contributed by atoms with Crippen molar-refractivity contribution in [2.75, 3.05) is 6.61 Å². The van der Waals surface area contributed by atoms with E-state index in [4.69, 9.17) is 4.43 Å². The molecule has 134 valence electrons. The lowest BCUT2D eigenvalue weighted by atomic mass is 9.80. The van der Waals surface area contributed by atoms with Crippen LogP contribution in [0.1, 0.15) is 66.7 Å². The van der Waals surface area contributed by atoms with Gasteiger partial charge in [-0.05, 0) is 30.5 Å². The minimum absolute atomic E-state index is 0.313. The summed E-state index contributed by atoms with van der Waals surface area (Å²) in [5.41, 5.74) is 0.525. The molecule has 2 saturated carbocycles. The molecule has 3 atom stereocenters. The van der Waals surface area contributed by atoms with Crippen LogP contribution in [0.15, 0.2) is 12.7 Å². The van der Waals surface area contributed by atoms with Crippen LogP contribution in [-0.2, 0) is 4.43 Å². The Balaban J connectivity index is 2.02. The number of hydrogen-bond acceptors (Lipinski definition) is 1. The minimum Gasteiger partial charge on any atom is -0.417 e. The normalized spacial score (nSPS) is 31.3. The van der Waals surface area contributed by atoms with Gasteiger partial charge in [-0.1, -0.05) is 65.4 Å². The molecule has 0 spiro atoms. The van der Waals surface area contributed by atoms with E-state index in [2.05, 4.69) is 60.4 Å². The van der Waals surface area contributed by atoms with Crippen molar-refractivity contribution in [1.29, 1.82) is 0 Å². The van der Waals surface area contributed by atoms with Gasteiger partial charge in [0.2, 0.25) is 0 Å². The fourth-order valence-corrected chi connectivity index (χ4v) is 5.57. The Kier molecular flexibility index (Phi) is 5.58. The average molecular weight is 336 g/mol. The third-order valence-electron chi connectivity index (χ3n) is 6.78. The molecule has 2 aliphatic carbocycles. The maximum atomic E-state index is 6.61. The molecule has 0 saturated heterocycles. The molecule has 0 aliphatic heterocycles. The highest BCUT2D eigenvalue weighted by molar-refractivity contribution is 6.74. The van der Waals surface area contributed by atoms with E-state index in [1.165, 1.54) is 25.7 Å². The van der Waals surface area contributed by atoms with E-state index in [9.17, 15) is 0 Å². The van der Waals surface area contributed by atoms with E-state index >= 15 is 0 Å². The highest BCUT2D eigenvalue weighted by Crippen LogP contribution is 2.59. The van der Waals surface area contributed by atoms with Crippen LogP contribution in [0.2, 0.25) is 18.1 Å². The van der Waals surface area contributed by atoms with E-state index in [1.807, 2.05) is 5.92 Å². The Bertz CT molecular complexity index is 418. The SMILES string of the molecule is C=CCC[C@@H]1[C-]2CC(C)(C)CC2CC1CO[Si](C)(C)C(C)(C)C. The van der Waals surface area contributed by atoms with E-state index in [0.717, 1.165) is 30.8 Å². The molecule has 0 amide bonds. The molecule has 2 heteroatoms. The Labute approximate surface area is 146 Å². The molecule has 2 aliphatic rings. The van der Waals surface area contributed by atoms with Crippen molar-refractivity contribution in [2.45, 2.75) is 84.9 Å². The van der Waals surface area contributed by atoms with Gasteiger partial charge in [0, 0.05) is 6.61 Å². The summed E-state index contributed by atoms with van der Waals surface area (Å²) in [6.07, 6.45) is 8.64. The van der Waals surface area contributed by atoms with Crippen LogP contribution in [0.5, 0.6) is 0 Å². The fourth-order valence-electron chi connectivity index (χ4n) is 4.50. The summed E-state index contributed by atoms with van der Waals surface area (Å²) in [5, 5.41) is 0.313. The highest BCUT2D eigenvalue weighted by atomic mass is 28.4. The van der Waals surface area contributed by atoms with Crippen molar-refractivity contribution in [3.63, 3.8) is 0 Å².